The van der Waals surface area contributed by atoms with Crippen LogP contribution in [0.5, 0.6) is 0 Å². The van der Waals surface area contributed by atoms with Crippen molar-refractivity contribution in [2.75, 3.05) is 13.2 Å². The van der Waals surface area contributed by atoms with E-state index in [4.69, 9.17) is 10.2 Å². The van der Waals surface area contributed by atoms with Gasteiger partial charge in [-0.15, -0.1) is 0 Å². The van der Waals surface area contributed by atoms with Gasteiger partial charge >= 0.3 is 0 Å². The van der Waals surface area contributed by atoms with Gasteiger partial charge in [0.05, 0.1) is 6.61 Å². The minimum Gasteiger partial charge on any atom is -0.461 e. The first-order valence-corrected chi connectivity index (χ1v) is 6.01. The molecule has 3 N–H and O–H groups in total. The Balaban J connectivity index is 2.10. The molecule has 1 aliphatic carbocycles. The van der Waals surface area contributed by atoms with Crippen LogP contribution in [0.15, 0.2) is 28.7 Å². The van der Waals surface area contributed by atoms with Gasteiger partial charge in [-0.05, 0) is 25.3 Å². The summed E-state index contributed by atoms with van der Waals surface area (Å²) in [4.78, 5) is 0. The molecule has 17 heavy (non-hydrogen) atoms. The molecule has 0 bridgehead atoms. The molecule has 90 valence electrons. The van der Waals surface area contributed by atoms with E-state index in [9.17, 15) is 5.11 Å². The van der Waals surface area contributed by atoms with E-state index in [2.05, 4.69) is 6.07 Å². The van der Waals surface area contributed by atoms with Crippen LogP contribution in [-0.4, -0.2) is 18.3 Å². The average molecular weight is 231 g/mol. The van der Waals surface area contributed by atoms with Gasteiger partial charge in [-0.1, -0.05) is 18.2 Å². The Bertz CT molecular complexity index is 554. The lowest BCUT2D eigenvalue weighted by Gasteiger charge is -2.10. The van der Waals surface area contributed by atoms with Crippen molar-refractivity contribution in [2.24, 2.45) is 11.1 Å². The van der Waals surface area contributed by atoms with Gasteiger partial charge in [0.1, 0.15) is 11.3 Å². The Kier molecular flexibility index (Phi) is 2.28. The fourth-order valence-corrected chi connectivity index (χ4v) is 2.84. The first kappa shape index (κ1) is 10.8. The molecule has 0 saturated heterocycles. The third-order valence-electron chi connectivity index (χ3n) is 4.08. The van der Waals surface area contributed by atoms with Crippen LogP contribution in [0.1, 0.15) is 23.7 Å². The van der Waals surface area contributed by atoms with Crippen LogP contribution in [0.25, 0.3) is 11.0 Å². The maximum Gasteiger partial charge on any atom is 0.134 e. The summed E-state index contributed by atoms with van der Waals surface area (Å²) in [6.07, 6.45) is 0.963. The number of rotatable bonds is 3. The molecule has 1 aromatic carbocycles. The Labute approximate surface area is 100 Å². The number of fused-ring (bicyclic) bond motifs is 1. The molecule has 1 fully saturated rings. The second kappa shape index (κ2) is 3.59. The lowest BCUT2D eigenvalue weighted by atomic mass is 9.98. The average Bonchev–Trinajstić information content (AvgIpc) is 2.98. The van der Waals surface area contributed by atoms with Gasteiger partial charge in [-0.25, -0.2) is 0 Å². The SMILES string of the molecule is Cc1oc2ccccc2c1C1CC1(CN)CO. The second-order valence-electron chi connectivity index (χ2n) is 5.05. The van der Waals surface area contributed by atoms with Gasteiger partial charge in [0, 0.05) is 22.9 Å². The molecule has 1 saturated carbocycles. The molecule has 1 aromatic heterocycles. The summed E-state index contributed by atoms with van der Waals surface area (Å²) in [6, 6.07) is 8.06. The molecule has 1 aliphatic rings. The number of nitrogens with two attached hydrogens (primary N) is 1. The minimum absolute atomic E-state index is 0.114. The van der Waals surface area contributed by atoms with Crippen molar-refractivity contribution in [2.45, 2.75) is 19.3 Å². The topological polar surface area (TPSA) is 59.4 Å². The van der Waals surface area contributed by atoms with Crippen molar-refractivity contribution < 1.29 is 9.52 Å². The molecule has 0 spiro atoms. The molecule has 3 nitrogen and oxygen atoms in total. The Hall–Kier alpha value is -1.32. The highest BCUT2D eigenvalue weighted by molar-refractivity contribution is 5.83. The zero-order valence-electron chi connectivity index (χ0n) is 9.94. The molecule has 3 heteroatoms. The number of aliphatic hydroxyl groups is 1. The van der Waals surface area contributed by atoms with Crippen molar-refractivity contribution in [3.8, 4) is 0 Å². The quantitative estimate of drug-likeness (QED) is 0.851. The van der Waals surface area contributed by atoms with Crippen molar-refractivity contribution in [3.05, 3.63) is 35.6 Å². The van der Waals surface area contributed by atoms with Gasteiger partial charge in [0.25, 0.3) is 0 Å². The molecule has 2 unspecified atom stereocenters. The van der Waals surface area contributed by atoms with Crippen LogP contribution in [-0.2, 0) is 0 Å². The van der Waals surface area contributed by atoms with E-state index in [1.54, 1.807) is 0 Å². The standard InChI is InChI=1S/C14H17NO2/c1-9-13(11-6-14(11,7-15)8-16)10-4-2-3-5-12(10)17-9/h2-5,11,16H,6-8,15H2,1H3. The third kappa shape index (κ3) is 1.43. The normalized spacial score (nSPS) is 27.6. The van der Waals surface area contributed by atoms with Gasteiger partial charge in [-0.2, -0.15) is 0 Å². The Morgan fingerprint density at radius 1 is 1.47 bits per heavy atom. The Morgan fingerprint density at radius 2 is 2.24 bits per heavy atom. The summed E-state index contributed by atoms with van der Waals surface area (Å²) in [6.45, 7) is 2.69. The summed E-state index contributed by atoms with van der Waals surface area (Å²) < 4.78 is 5.76. The van der Waals surface area contributed by atoms with Gasteiger partial charge in [0.15, 0.2) is 0 Å². The van der Waals surface area contributed by atoms with E-state index >= 15 is 0 Å². The molecule has 3 rings (SSSR count). The first-order valence-electron chi connectivity index (χ1n) is 6.01. The molecule has 1 heterocycles. The lowest BCUT2D eigenvalue weighted by molar-refractivity contribution is 0.211. The molecule has 0 aliphatic heterocycles. The van der Waals surface area contributed by atoms with Crippen molar-refractivity contribution in [1.82, 2.24) is 0 Å². The van der Waals surface area contributed by atoms with E-state index in [0.717, 1.165) is 17.8 Å². The summed E-state index contributed by atoms with van der Waals surface area (Å²) >= 11 is 0. The summed E-state index contributed by atoms with van der Waals surface area (Å²) in [5, 5.41) is 10.6. The smallest absolute Gasteiger partial charge is 0.134 e. The van der Waals surface area contributed by atoms with E-state index in [0.29, 0.717) is 12.5 Å². The van der Waals surface area contributed by atoms with Crippen LogP contribution in [0.3, 0.4) is 0 Å². The highest BCUT2D eigenvalue weighted by atomic mass is 16.3. The van der Waals surface area contributed by atoms with Crippen LogP contribution < -0.4 is 5.73 Å². The van der Waals surface area contributed by atoms with E-state index in [1.165, 1.54) is 10.9 Å². The largest absolute Gasteiger partial charge is 0.461 e. The lowest BCUT2D eigenvalue weighted by Crippen LogP contribution is -2.21. The molecule has 2 atom stereocenters. The molecular weight excluding hydrogens is 214 g/mol. The van der Waals surface area contributed by atoms with Crippen molar-refractivity contribution in [3.63, 3.8) is 0 Å². The molecule has 0 amide bonds. The van der Waals surface area contributed by atoms with E-state index in [1.807, 2.05) is 25.1 Å². The monoisotopic (exact) mass is 231 g/mol. The van der Waals surface area contributed by atoms with Crippen LogP contribution in [0, 0.1) is 12.3 Å². The number of benzene rings is 1. The van der Waals surface area contributed by atoms with Crippen LogP contribution in [0.2, 0.25) is 0 Å². The van der Waals surface area contributed by atoms with Crippen molar-refractivity contribution in [1.29, 1.82) is 0 Å². The summed E-state index contributed by atoms with van der Waals surface area (Å²) in [5.41, 5.74) is 7.83. The highest BCUT2D eigenvalue weighted by Crippen LogP contribution is 2.60. The van der Waals surface area contributed by atoms with Gasteiger partial charge in [-0.3, -0.25) is 0 Å². The first-order chi connectivity index (χ1) is 8.22. The fraction of sp³-hybridized carbons (Fsp3) is 0.429. The Morgan fingerprint density at radius 3 is 2.88 bits per heavy atom. The van der Waals surface area contributed by atoms with E-state index < -0.39 is 0 Å². The number of aliphatic hydroxyl groups excluding tert-OH is 1. The van der Waals surface area contributed by atoms with Crippen LogP contribution >= 0.6 is 0 Å². The minimum atomic E-state index is -0.114. The maximum absolute atomic E-state index is 9.48. The van der Waals surface area contributed by atoms with Crippen molar-refractivity contribution >= 4 is 11.0 Å². The molecule has 0 radical (unpaired) electrons. The number of para-hydroxylation sites is 1. The number of hydrogen-bond donors (Lipinski definition) is 2. The number of hydrogen-bond acceptors (Lipinski definition) is 3. The second-order valence-corrected chi connectivity index (χ2v) is 5.05. The third-order valence-corrected chi connectivity index (χ3v) is 4.08. The number of aryl methyl sites for hydroxylation is 1. The highest BCUT2D eigenvalue weighted by Gasteiger charge is 2.54. The maximum atomic E-state index is 9.48. The van der Waals surface area contributed by atoms with Gasteiger partial charge < -0.3 is 15.3 Å². The number of furan rings is 1. The summed E-state index contributed by atoms with van der Waals surface area (Å²) in [5.74, 6) is 1.31. The molecular formula is C14H17NO2. The predicted octanol–water partition coefficient (Wildman–Crippen LogP) is 2.17. The summed E-state index contributed by atoms with van der Waals surface area (Å²) in [7, 11) is 0. The fourth-order valence-electron chi connectivity index (χ4n) is 2.84. The zero-order chi connectivity index (χ0) is 12.0. The van der Waals surface area contributed by atoms with E-state index in [-0.39, 0.29) is 12.0 Å². The zero-order valence-corrected chi connectivity index (χ0v) is 9.94. The molecule has 2 aromatic rings. The van der Waals surface area contributed by atoms with Crippen LogP contribution in [0.4, 0.5) is 0 Å². The predicted molar refractivity (Wildman–Crippen MR) is 66.9 cm³/mol. The van der Waals surface area contributed by atoms with Gasteiger partial charge in [0.2, 0.25) is 0 Å².